The number of ketones is 4. The van der Waals surface area contributed by atoms with Crippen molar-refractivity contribution in [2.75, 3.05) is 21.3 Å². The Bertz CT molecular complexity index is 1270. The molecule has 0 amide bonds. The van der Waals surface area contributed by atoms with Crippen LogP contribution in [0, 0.1) is 0 Å². The van der Waals surface area contributed by atoms with Crippen LogP contribution < -0.4 is 0 Å². The molecule has 3 rings (SSSR count). The lowest BCUT2D eigenvalue weighted by Crippen LogP contribution is -2.89. The van der Waals surface area contributed by atoms with Crippen LogP contribution in [0.2, 0.25) is 0 Å². The van der Waals surface area contributed by atoms with Gasteiger partial charge in [-0.2, -0.15) is 0 Å². The summed E-state index contributed by atoms with van der Waals surface area (Å²) in [6.45, 7) is 3.25. The first-order valence-corrected chi connectivity index (χ1v) is 13.5. The highest BCUT2D eigenvalue weighted by Gasteiger charge is 2.84. The van der Waals surface area contributed by atoms with Gasteiger partial charge < -0.3 is 39.4 Å². The van der Waals surface area contributed by atoms with Crippen LogP contribution in [0.15, 0.2) is 29.8 Å². The maximum atomic E-state index is 13.3. The molecule has 42 heavy (non-hydrogen) atoms. The van der Waals surface area contributed by atoms with E-state index in [4.69, 9.17) is 18.9 Å². The second kappa shape index (κ2) is 11.8. The lowest BCUT2D eigenvalue weighted by atomic mass is 9.56. The lowest BCUT2D eigenvalue weighted by Gasteiger charge is -2.62. The second-order valence-electron chi connectivity index (χ2n) is 11.0. The molecule has 232 valence electrons. The summed E-state index contributed by atoms with van der Waals surface area (Å²) in [6, 6.07) is 6.10. The Morgan fingerprint density at radius 3 is 1.86 bits per heavy atom. The van der Waals surface area contributed by atoms with Gasteiger partial charge in [-0.25, -0.2) is 0 Å². The van der Waals surface area contributed by atoms with Crippen LogP contribution in [0.3, 0.4) is 0 Å². The van der Waals surface area contributed by atoms with Crippen molar-refractivity contribution < 1.29 is 58.6 Å². The van der Waals surface area contributed by atoms with Crippen molar-refractivity contribution in [2.24, 2.45) is 0 Å². The predicted octanol–water partition coefficient (Wildman–Crippen LogP) is 0.741. The third kappa shape index (κ3) is 4.70. The van der Waals surface area contributed by atoms with Crippen LogP contribution in [0.4, 0.5) is 0 Å². The first kappa shape index (κ1) is 33.8. The van der Waals surface area contributed by atoms with Crippen molar-refractivity contribution >= 4 is 29.2 Å². The minimum atomic E-state index is -3.64. The van der Waals surface area contributed by atoms with Gasteiger partial charge in [0.2, 0.25) is 17.0 Å². The van der Waals surface area contributed by atoms with Crippen molar-refractivity contribution in [3.63, 3.8) is 0 Å². The van der Waals surface area contributed by atoms with Gasteiger partial charge in [-0.1, -0.05) is 29.8 Å². The van der Waals surface area contributed by atoms with Gasteiger partial charge in [0.15, 0.2) is 34.5 Å². The quantitative estimate of drug-likeness (QED) is 0.280. The van der Waals surface area contributed by atoms with Crippen molar-refractivity contribution in [1.29, 1.82) is 0 Å². The van der Waals surface area contributed by atoms with Gasteiger partial charge in [0.1, 0.15) is 12.2 Å². The zero-order chi connectivity index (χ0) is 31.9. The third-order valence-corrected chi connectivity index (χ3v) is 8.84. The molecule has 1 saturated carbocycles. The Kier molecular flexibility index (Phi) is 9.48. The van der Waals surface area contributed by atoms with Crippen LogP contribution in [-0.4, -0.2) is 99.7 Å². The molecule has 1 heterocycles. The number of aliphatic hydroxyl groups is 4. The number of rotatable bonds is 10. The van der Waals surface area contributed by atoms with E-state index in [1.807, 2.05) is 6.08 Å². The lowest BCUT2D eigenvalue weighted by molar-refractivity contribution is -0.424. The molecule has 2 aliphatic rings. The fourth-order valence-electron chi connectivity index (χ4n) is 6.29. The molecule has 12 heteroatoms. The summed E-state index contributed by atoms with van der Waals surface area (Å²) < 4.78 is 22.6. The second-order valence-corrected chi connectivity index (χ2v) is 11.0. The van der Waals surface area contributed by atoms with Crippen LogP contribution in [0.25, 0.3) is 6.08 Å². The number of Topliss-reactive ketones (excluding diaryl/α,β-unsaturated/α-hetero) is 4. The van der Waals surface area contributed by atoms with E-state index < -0.39 is 63.7 Å². The van der Waals surface area contributed by atoms with Gasteiger partial charge in [-0.3, -0.25) is 19.2 Å². The fourth-order valence-corrected chi connectivity index (χ4v) is 6.29. The zero-order valence-electron chi connectivity index (χ0n) is 24.9. The van der Waals surface area contributed by atoms with E-state index in [1.165, 1.54) is 12.1 Å². The van der Waals surface area contributed by atoms with Crippen molar-refractivity contribution in [2.45, 2.75) is 94.0 Å². The van der Waals surface area contributed by atoms with Gasteiger partial charge in [-0.05, 0) is 52.2 Å². The maximum Gasteiger partial charge on any atom is 0.236 e. The number of methoxy groups -OCH3 is 3. The molecule has 1 aromatic carbocycles. The first-order valence-electron chi connectivity index (χ1n) is 13.5. The van der Waals surface area contributed by atoms with Crippen molar-refractivity contribution in [3.05, 3.63) is 41.0 Å². The summed E-state index contributed by atoms with van der Waals surface area (Å²) in [4.78, 5) is 51.8. The van der Waals surface area contributed by atoms with Crippen LogP contribution in [0.1, 0.15) is 64.5 Å². The minimum Gasteiger partial charge on any atom is -0.382 e. The Morgan fingerprint density at radius 2 is 1.43 bits per heavy atom. The summed E-state index contributed by atoms with van der Waals surface area (Å²) in [6.07, 6.45) is -0.303. The average molecular weight is 593 g/mol. The molecule has 1 aliphatic heterocycles. The summed E-state index contributed by atoms with van der Waals surface area (Å²) >= 11 is 0. The van der Waals surface area contributed by atoms with Gasteiger partial charge in [0, 0.05) is 39.7 Å². The highest BCUT2D eigenvalue weighted by Crippen LogP contribution is 2.56. The smallest absolute Gasteiger partial charge is 0.236 e. The molecular formula is C30H40O12. The molecule has 6 atom stereocenters. The van der Waals surface area contributed by atoms with E-state index in [2.05, 4.69) is 0 Å². The number of benzene rings is 1. The monoisotopic (exact) mass is 592 g/mol. The molecule has 0 radical (unpaired) electrons. The number of allylic oxidation sites excluding steroid dienone is 1. The third-order valence-electron chi connectivity index (χ3n) is 8.84. The molecule has 1 saturated heterocycles. The summed E-state index contributed by atoms with van der Waals surface area (Å²) in [5.41, 5.74) is -9.08. The standard InChI is InChI=1S/C30H40O12/c1-17(31)24(35)25-27(36,18(2)32)28(37,19(3)33)29(38,20(4)34)30(41-7,42-25)23-10-8-9-22(16-23)15-21-11-13-26(39-5,40-6)14-12-21/h8-10,15-16,24-25,35-38H,11-14H2,1-7H3/t24?,25-,27-,28+,29-,30+/m1/s1. The Labute approximate surface area is 244 Å². The van der Waals surface area contributed by atoms with Gasteiger partial charge in [0.05, 0.1) is 0 Å². The van der Waals surface area contributed by atoms with E-state index in [0.29, 0.717) is 31.2 Å². The highest BCUT2D eigenvalue weighted by atomic mass is 16.7. The fraction of sp³-hybridized carbons (Fsp3) is 0.600. The number of hydrogen-bond donors (Lipinski definition) is 4. The van der Waals surface area contributed by atoms with E-state index in [0.717, 1.165) is 40.4 Å². The molecule has 1 unspecified atom stereocenters. The molecule has 0 bridgehead atoms. The van der Waals surface area contributed by atoms with E-state index in [9.17, 15) is 39.6 Å². The molecule has 4 N–H and O–H groups in total. The SMILES string of the molecule is COC1(OC)CCC(=Cc2cccc([C@]3(OC)O[C@H](C(O)C(C)=O)[C@](O)(C(C)=O)[C@@](O)(C(C)=O)[C@]3(O)C(C)=O)c2)CC1. The highest BCUT2D eigenvalue weighted by molar-refractivity contribution is 6.06. The number of hydrogen-bond acceptors (Lipinski definition) is 12. The predicted molar refractivity (Wildman–Crippen MR) is 147 cm³/mol. The number of aliphatic hydroxyl groups excluding tert-OH is 1. The molecule has 2 fully saturated rings. The topological polar surface area (TPSA) is 186 Å². The van der Waals surface area contributed by atoms with Crippen LogP contribution in [-0.2, 0) is 43.9 Å². The summed E-state index contributed by atoms with van der Waals surface area (Å²) in [7, 11) is 4.17. The minimum absolute atomic E-state index is 0.109. The van der Waals surface area contributed by atoms with Crippen molar-refractivity contribution in [1.82, 2.24) is 0 Å². The normalized spacial score (nSPS) is 33.5. The summed E-state index contributed by atoms with van der Waals surface area (Å²) in [5, 5.41) is 46.6. The number of carbonyl (C=O) groups is 4. The largest absolute Gasteiger partial charge is 0.382 e. The maximum absolute atomic E-state index is 13.3. The Hall–Kier alpha value is -2.68. The average Bonchev–Trinajstić information content (AvgIpc) is 2.96. The molecule has 1 aliphatic carbocycles. The Balaban J connectivity index is 2.30. The zero-order valence-corrected chi connectivity index (χ0v) is 24.9. The van der Waals surface area contributed by atoms with E-state index in [1.54, 1.807) is 26.4 Å². The molecule has 0 aromatic heterocycles. The van der Waals surface area contributed by atoms with Crippen LogP contribution >= 0.6 is 0 Å². The molecular weight excluding hydrogens is 552 g/mol. The van der Waals surface area contributed by atoms with E-state index in [-0.39, 0.29) is 5.56 Å². The molecule has 12 nitrogen and oxygen atoms in total. The molecule has 1 aromatic rings. The molecule has 0 spiro atoms. The first-order chi connectivity index (χ1) is 19.5. The number of ether oxygens (including phenoxy) is 4. The van der Waals surface area contributed by atoms with Crippen LogP contribution in [0.5, 0.6) is 0 Å². The van der Waals surface area contributed by atoms with Gasteiger partial charge >= 0.3 is 0 Å². The van der Waals surface area contributed by atoms with Gasteiger partial charge in [0.25, 0.3) is 0 Å². The number of carbonyl (C=O) groups excluding carboxylic acids is 4. The Morgan fingerprint density at radius 1 is 0.881 bits per heavy atom. The van der Waals surface area contributed by atoms with Gasteiger partial charge in [-0.15, -0.1) is 0 Å². The van der Waals surface area contributed by atoms with E-state index >= 15 is 0 Å². The summed E-state index contributed by atoms with van der Waals surface area (Å²) in [5.74, 6) is -8.56. The van der Waals surface area contributed by atoms with Crippen molar-refractivity contribution in [3.8, 4) is 0 Å².